The quantitative estimate of drug-likeness (QED) is 0.294. The Labute approximate surface area is 98.0 Å². The predicted octanol–water partition coefficient (Wildman–Crippen LogP) is 1.38. The van der Waals surface area contributed by atoms with E-state index in [1.165, 1.54) is 32.1 Å². The Hall–Kier alpha value is -0.770. The predicted molar refractivity (Wildman–Crippen MR) is 66.9 cm³/mol. The first kappa shape index (κ1) is 11.7. The first-order valence-electron chi connectivity index (χ1n) is 6.39. The van der Waals surface area contributed by atoms with E-state index in [1.807, 2.05) is 0 Å². The first-order valence-corrected chi connectivity index (χ1v) is 6.39. The van der Waals surface area contributed by atoms with Gasteiger partial charge in [0.2, 0.25) is 5.96 Å². The molecule has 0 aliphatic heterocycles. The second-order valence-corrected chi connectivity index (χ2v) is 5.85. The topological polar surface area (TPSA) is 62.4 Å². The first-order chi connectivity index (χ1) is 7.62. The fourth-order valence-electron chi connectivity index (χ4n) is 2.49. The molecule has 4 nitrogen and oxygen atoms in total. The van der Waals surface area contributed by atoms with Crippen molar-refractivity contribution in [2.75, 3.05) is 6.54 Å². The summed E-state index contributed by atoms with van der Waals surface area (Å²) in [5, 5.41) is 3.39. The van der Waals surface area contributed by atoms with Crippen LogP contribution in [0, 0.1) is 11.3 Å². The van der Waals surface area contributed by atoms with Gasteiger partial charge in [-0.3, -0.25) is 10.4 Å². The van der Waals surface area contributed by atoms with E-state index in [0.29, 0.717) is 11.5 Å². The largest absolute Gasteiger partial charge is 0.353 e. The second-order valence-electron chi connectivity index (χ2n) is 5.85. The molecule has 2 aliphatic rings. The highest BCUT2D eigenvalue weighted by Crippen LogP contribution is 2.51. The third kappa shape index (κ3) is 2.88. The molecule has 0 bridgehead atoms. The second kappa shape index (κ2) is 4.62. The number of hydrogen-bond acceptors (Lipinski definition) is 2. The van der Waals surface area contributed by atoms with Crippen LogP contribution in [0.3, 0.4) is 0 Å². The van der Waals surface area contributed by atoms with Gasteiger partial charge in [0.05, 0.1) is 0 Å². The van der Waals surface area contributed by atoms with Crippen molar-refractivity contribution < 1.29 is 0 Å². The number of hydrogen-bond donors (Lipinski definition) is 3. The lowest BCUT2D eigenvalue weighted by Gasteiger charge is -2.15. The molecule has 4 heteroatoms. The summed E-state index contributed by atoms with van der Waals surface area (Å²) in [6.45, 7) is 5.49. The molecule has 0 saturated heterocycles. The Bertz CT molecular complexity index is 266. The lowest BCUT2D eigenvalue weighted by atomic mass is 10.1. The lowest BCUT2D eigenvalue weighted by molar-refractivity contribution is 0.561. The minimum atomic E-state index is 0.497. The van der Waals surface area contributed by atoms with Crippen molar-refractivity contribution in [1.29, 1.82) is 0 Å². The lowest BCUT2D eigenvalue weighted by Crippen LogP contribution is -2.45. The van der Waals surface area contributed by atoms with Crippen LogP contribution in [0.5, 0.6) is 0 Å². The highest BCUT2D eigenvalue weighted by atomic mass is 15.3. The zero-order valence-corrected chi connectivity index (χ0v) is 10.4. The maximum atomic E-state index is 5.48. The van der Waals surface area contributed by atoms with Crippen molar-refractivity contribution in [2.45, 2.75) is 52.0 Å². The summed E-state index contributed by atoms with van der Waals surface area (Å²) in [5.41, 5.74) is 3.17. The summed E-state index contributed by atoms with van der Waals surface area (Å²) >= 11 is 0. The minimum Gasteiger partial charge on any atom is -0.353 e. The van der Waals surface area contributed by atoms with Gasteiger partial charge in [-0.1, -0.05) is 26.7 Å². The summed E-state index contributed by atoms with van der Waals surface area (Å²) in [7, 11) is 0. The molecule has 1 atom stereocenters. The van der Waals surface area contributed by atoms with Gasteiger partial charge in [-0.25, -0.2) is 5.84 Å². The molecule has 92 valence electrons. The minimum absolute atomic E-state index is 0.497. The van der Waals surface area contributed by atoms with E-state index in [1.54, 1.807) is 0 Å². The zero-order chi connectivity index (χ0) is 11.6. The fraction of sp³-hybridized carbons (Fsp3) is 0.917. The van der Waals surface area contributed by atoms with Crippen LogP contribution >= 0.6 is 0 Å². The van der Waals surface area contributed by atoms with Crippen LogP contribution in [0.15, 0.2) is 4.99 Å². The molecule has 0 aromatic rings. The number of rotatable bonds is 3. The maximum Gasteiger partial charge on any atom is 0.205 e. The van der Waals surface area contributed by atoms with Gasteiger partial charge in [-0.05, 0) is 30.6 Å². The molecule has 0 spiro atoms. The van der Waals surface area contributed by atoms with E-state index in [4.69, 9.17) is 5.84 Å². The molecule has 0 radical (unpaired) electrons. The van der Waals surface area contributed by atoms with Gasteiger partial charge in [0.1, 0.15) is 0 Å². The molecule has 0 aromatic heterocycles. The number of nitrogens with zero attached hydrogens (tertiary/aromatic N) is 1. The van der Waals surface area contributed by atoms with Gasteiger partial charge in [0.15, 0.2) is 0 Å². The van der Waals surface area contributed by atoms with E-state index in [9.17, 15) is 0 Å². The molecule has 0 aromatic carbocycles. The highest BCUT2D eigenvalue weighted by Gasteiger charge is 2.45. The van der Waals surface area contributed by atoms with Gasteiger partial charge in [-0.2, -0.15) is 0 Å². The van der Waals surface area contributed by atoms with Crippen molar-refractivity contribution >= 4 is 5.96 Å². The van der Waals surface area contributed by atoms with E-state index < -0.39 is 0 Å². The Morgan fingerprint density at radius 3 is 2.50 bits per heavy atom. The Morgan fingerprint density at radius 2 is 2.00 bits per heavy atom. The van der Waals surface area contributed by atoms with E-state index in [2.05, 4.69) is 29.6 Å². The molecular formula is C12H24N4. The Morgan fingerprint density at radius 1 is 1.38 bits per heavy atom. The summed E-state index contributed by atoms with van der Waals surface area (Å²) < 4.78 is 0. The van der Waals surface area contributed by atoms with Crippen LogP contribution in [0.1, 0.15) is 46.0 Å². The molecule has 2 rings (SSSR count). The van der Waals surface area contributed by atoms with E-state index in [0.717, 1.165) is 18.4 Å². The average molecular weight is 224 g/mol. The Balaban J connectivity index is 1.77. The molecule has 16 heavy (non-hydrogen) atoms. The van der Waals surface area contributed by atoms with Crippen LogP contribution in [-0.4, -0.2) is 18.5 Å². The third-order valence-corrected chi connectivity index (χ3v) is 4.02. The Kier molecular flexibility index (Phi) is 3.38. The summed E-state index contributed by atoms with van der Waals surface area (Å²) in [5.74, 6) is 6.99. The molecule has 2 aliphatic carbocycles. The van der Waals surface area contributed by atoms with Crippen LogP contribution in [0.4, 0.5) is 0 Å². The molecule has 0 amide bonds. The number of nitrogens with two attached hydrogens (primary N) is 1. The highest BCUT2D eigenvalue weighted by molar-refractivity contribution is 5.79. The van der Waals surface area contributed by atoms with Crippen molar-refractivity contribution in [1.82, 2.24) is 10.7 Å². The average Bonchev–Trinajstić information content (AvgIpc) is 2.69. The van der Waals surface area contributed by atoms with Crippen LogP contribution < -0.4 is 16.6 Å². The summed E-state index contributed by atoms with van der Waals surface area (Å²) in [6, 6.07) is 0.571. The smallest absolute Gasteiger partial charge is 0.205 e. The number of aliphatic imine (C=N–C) groups is 1. The van der Waals surface area contributed by atoms with Gasteiger partial charge < -0.3 is 5.32 Å². The van der Waals surface area contributed by atoms with Crippen molar-refractivity contribution in [3.8, 4) is 0 Å². The van der Waals surface area contributed by atoms with Gasteiger partial charge in [-0.15, -0.1) is 0 Å². The molecule has 0 heterocycles. The monoisotopic (exact) mass is 224 g/mol. The van der Waals surface area contributed by atoms with Crippen LogP contribution in [0.2, 0.25) is 0 Å². The van der Waals surface area contributed by atoms with E-state index in [-0.39, 0.29) is 0 Å². The molecule has 4 N–H and O–H groups in total. The van der Waals surface area contributed by atoms with Crippen molar-refractivity contribution in [3.05, 3.63) is 0 Å². The summed E-state index contributed by atoms with van der Waals surface area (Å²) in [4.78, 5) is 4.53. The number of guanidine groups is 1. The standard InChI is InChI=1S/C12H24N4/c1-12(2)7-9(12)8-14-11(16-13)15-10-5-3-4-6-10/h9-10H,3-8,13H2,1-2H3,(H2,14,15,16). The van der Waals surface area contributed by atoms with Gasteiger partial charge >= 0.3 is 0 Å². The van der Waals surface area contributed by atoms with Gasteiger partial charge in [0.25, 0.3) is 0 Å². The normalized spacial score (nSPS) is 29.2. The summed E-state index contributed by atoms with van der Waals surface area (Å²) in [6.07, 6.45) is 6.43. The molecule has 2 fully saturated rings. The number of hydrazine groups is 1. The van der Waals surface area contributed by atoms with Crippen LogP contribution in [-0.2, 0) is 0 Å². The molecular weight excluding hydrogens is 200 g/mol. The van der Waals surface area contributed by atoms with Gasteiger partial charge in [0, 0.05) is 12.6 Å². The zero-order valence-electron chi connectivity index (χ0n) is 10.4. The molecule has 2 saturated carbocycles. The maximum absolute atomic E-state index is 5.48. The van der Waals surface area contributed by atoms with E-state index >= 15 is 0 Å². The van der Waals surface area contributed by atoms with Crippen molar-refractivity contribution in [2.24, 2.45) is 22.2 Å². The SMILES string of the molecule is CC1(C)CC1CN=C(NN)NC1CCCC1. The number of nitrogens with one attached hydrogen (secondary N) is 2. The molecule has 1 unspecified atom stereocenters. The fourth-order valence-corrected chi connectivity index (χ4v) is 2.49. The van der Waals surface area contributed by atoms with Crippen molar-refractivity contribution in [3.63, 3.8) is 0 Å². The third-order valence-electron chi connectivity index (χ3n) is 4.02. The van der Waals surface area contributed by atoms with Crippen LogP contribution in [0.25, 0.3) is 0 Å².